The summed E-state index contributed by atoms with van der Waals surface area (Å²) in [4.78, 5) is 13.3. The Labute approximate surface area is 262 Å². The van der Waals surface area contributed by atoms with Gasteiger partial charge in [-0.15, -0.1) is 0 Å². The van der Waals surface area contributed by atoms with Gasteiger partial charge in [-0.3, -0.25) is 9.52 Å². The Bertz CT molecular complexity index is 1530. The van der Waals surface area contributed by atoms with E-state index in [1.165, 1.54) is 54.5 Å². The van der Waals surface area contributed by atoms with Crippen molar-refractivity contribution in [3.05, 3.63) is 95.1 Å². The summed E-state index contributed by atoms with van der Waals surface area (Å²) in [6.07, 6.45) is 6.41. The number of anilines is 1. The van der Waals surface area contributed by atoms with E-state index < -0.39 is 39.3 Å². The van der Waals surface area contributed by atoms with Crippen molar-refractivity contribution < 1.29 is 36.2 Å². The maximum atomic E-state index is 13.3. The predicted octanol–water partition coefficient (Wildman–Crippen LogP) is 5.57. The normalized spacial score (nSPS) is 15.7. The number of methoxy groups -OCH3 is 1. The van der Waals surface area contributed by atoms with Gasteiger partial charge in [-0.1, -0.05) is 74.6 Å². The monoisotopic (exact) mass is 647 g/mol. The lowest BCUT2D eigenvalue weighted by molar-refractivity contribution is -0.0429. The van der Waals surface area contributed by atoms with E-state index in [1.807, 2.05) is 36.4 Å². The van der Waals surface area contributed by atoms with E-state index in [2.05, 4.69) is 22.8 Å². The van der Waals surface area contributed by atoms with Gasteiger partial charge in [0, 0.05) is 24.3 Å². The van der Waals surface area contributed by atoms with Crippen molar-refractivity contribution in [3.63, 3.8) is 0 Å². The number of hydrogen-bond acceptors (Lipinski definition) is 6. The van der Waals surface area contributed by atoms with Crippen LogP contribution in [0.15, 0.2) is 72.8 Å². The van der Waals surface area contributed by atoms with Crippen molar-refractivity contribution >= 4 is 21.6 Å². The van der Waals surface area contributed by atoms with E-state index >= 15 is 0 Å². The Morgan fingerprint density at radius 3 is 2.38 bits per heavy atom. The first-order valence-electron chi connectivity index (χ1n) is 15.0. The summed E-state index contributed by atoms with van der Waals surface area (Å²) < 4.78 is 68.5. The predicted molar refractivity (Wildman–Crippen MR) is 167 cm³/mol. The van der Waals surface area contributed by atoms with Crippen molar-refractivity contribution in [1.82, 2.24) is 10.6 Å². The standard InChI is InChI=1S/C33H40F3N3O5S/c1-44-29-15-6-12-26(18-29)21-37-22-31(40)30(19-25-11-5-10-24(17-25)16-23-8-3-2-4-9-23)38-32(41)27-13-7-14-28(20-27)39-45(42,43)33(34,35)36/h5-7,10-15,17-18,20,23,30-31,37,39-40H,2-4,8-9,16,19,21-22H2,1H3,(H,38,41)/t30-,31-/m0/s1. The molecule has 12 heteroatoms. The number of nitrogens with one attached hydrogen (secondary N) is 3. The van der Waals surface area contributed by atoms with Crippen LogP contribution >= 0.6 is 0 Å². The van der Waals surface area contributed by atoms with Gasteiger partial charge >= 0.3 is 15.5 Å². The molecule has 0 heterocycles. The third-order valence-electron chi connectivity index (χ3n) is 7.98. The second-order valence-electron chi connectivity index (χ2n) is 11.5. The summed E-state index contributed by atoms with van der Waals surface area (Å²) in [7, 11) is -4.08. The van der Waals surface area contributed by atoms with Crippen LogP contribution < -0.4 is 20.1 Å². The van der Waals surface area contributed by atoms with Crippen LogP contribution in [-0.4, -0.2) is 50.7 Å². The molecule has 2 atom stereocenters. The molecule has 8 nitrogen and oxygen atoms in total. The second kappa shape index (κ2) is 15.6. The molecule has 4 N–H and O–H groups in total. The molecular formula is C33H40F3N3O5S. The zero-order chi connectivity index (χ0) is 32.5. The molecule has 45 heavy (non-hydrogen) atoms. The van der Waals surface area contributed by atoms with Gasteiger partial charge in [0.1, 0.15) is 5.75 Å². The number of halogens is 3. The van der Waals surface area contributed by atoms with Crippen LogP contribution in [0.25, 0.3) is 0 Å². The number of hydrogen-bond donors (Lipinski definition) is 4. The molecule has 0 radical (unpaired) electrons. The summed E-state index contributed by atoms with van der Waals surface area (Å²) in [5, 5.41) is 17.3. The summed E-state index contributed by atoms with van der Waals surface area (Å²) >= 11 is 0. The lowest BCUT2D eigenvalue weighted by Crippen LogP contribution is -2.48. The number of ether oxygens (including phenoxy) is 1. The molecule has 0 spiro atoms. The average molecular weight is 648 g/mol. The third kappa shape index (κ3) is 10.2. The molecule has 0 aliphatic heterocycles. The average Bonchev–Trinajstić information content (AvgIpc) is 3.01. The molecule has 0 unspecified atom stereocenters. The largest absolute Gasteiger partial charge is 0.516 e. The topological polar surface area (TPSA) is 117 Å². The molecular weight excluding hydrogens is 607 g/mol. The van der Waals surface area contributed by atoms with Crippen LogP contribution in [-0.2, 0) is 29.4 Å². The van der Waals surface area contributed by atoms with E-state index in [0.717, 1.165) is 29.7 Å². The van der Waals surface area contributed by atoms with Gasteiger partial charge in [0.2, 0.25) is 0 Å². The number of aliphatic hydroxyl groups excluding tert-OH is 1. The Hall–Kier alpha value is -3.61. The SMILES string of the molecule is COc1cccc(CNC[C@H](O)[C@H](Cc2cccc(CC3CCCCC3)c2)NC(=O)c2cccc(NS(=O)(=O)C(F)(F)F)c2)c1. The number of carbonyl (C=O) groups is 1. The highest BCUT2D eigenvalue weighted by molar-refractivity contribution is 7.93. The molecule has 0 bridgehead atoms. The van der Waals surface area contributed by atoms with Gasteiger partial charge in [0.05, 0.1) is 19.3 Å². The number of alkyl halides is 3. The van der Waals surface area contributed by atoms with Crippen molar-refractivity contribution in [2.45, 2.75) is 69.1 Å². The molecule has 3 aromatic carbocycles. The van der Waals surface area contributed by atoms with E-state index in [0.29, 0.717) is 24.6 Å². The second-order valence-corrected chi connectivity index (χ2v) is 13.2. The Morgan fingerprint density at radius 1 is 0.956 bits per heavy atom. The van der Waals surface area contributed by atoms with Crippen molar-refractivity contribution in [3.8, 4) is 5.75 Å². The highest BCUT2D eigenvalue weighted by Gasteiger charge is 2.46. The molecule has 0 saturated heterocycles. The lowest BCUT2D eigenvalue weighted by atomic mass is 9.84. The quantitative estimate of drug-likeness (QED) is 0.182. The maximum Gasteiger partial charge on any atom is 0.516 e. The Balaban J connectivity index is 1.49. The van der Waals surface area contributed by atoms with Gasteiger partial charge in [-0.2, -0.15) is 21.6 Å². The lowest BCUT2D eigenvalue weighted by Gasteiger charge is -2.26. The van der Waals surface area contributed by atoms with Crippen molar-refractivity contribution in [2.75, 3.05) is 18.4 Å². The first-order chi connectivity index (χ1) is 21.4. The highest BCUT2D eigenvalue weighted by Crippen LogP contribution is 2.28. The Morgan fingerprint density at radius 2 is 1.64 bits per heavy atom. The van der Waals surface area contributed by atoms with Gasteiger partial charge < -0.3 is 20.5 Å². The molecule has 4 rings (SSSR count). The van der Waals surface area contributed by atoms with E-state index in [-0.39, 0.29) is 12.1 Å². The molecule has 1 aliphatic rings. The molecule has 244 valence electrons. The Kier molecular flexibility index (Phi) is 11.9. The fourth-order valence-corrected chi connectivity index (χ4v) is 6.18. The minimum Gasteiger partial charge on any atom is -0.497 e. The van der Waals surface area contributed by atoms with Gasteiger partial charge in [0.25, 0.3) is 5.91 Å². The van der Waals surface area contributed by atoms with Gasteiger partial charge in [-0.25, -0.2) is 0 Å². The fourth-order valence-electron chi connectivity index (χ4n) is 5.62. The summed E-state index contributed by atoms with van der Waals surface area (Å²) in [6.45, 7) is 0.572. The van der Waals surface area contributed by atoms with Crippen molar-refractivity contribution in [1.29, 1.82) is 0 Å². The summed E-state index contributed by atoms with van der Waals surface area (Å²) in [5.41, 5.74) is -2.93. The minimum atomic E-state index is -5.66. The van der Waals surface area contributed by atoms with E-state index in [9.17, 15) is 31.5 Å². The molecule has 1 fully saturated rings. The fraction of sp³-hybridized carbons (Fsp3) is 0.424. The van der Waals surface area contributed by atoms with Gasteiger partial charge in [-0.05, 0) is 65.8 Å². The molecule has 0 aromatic heterocycles. The number of carbonyl (C=O) groups excluding carboxylic acids is 1. The van der Waals surface area contributed by atoms with Crippen LogP contribution in [0.3, 0.4) is 0 Å². The third-order valence-corrected chi connectivity index (χ3v) is 9.09. The maximum absolute atomic E-state index is 13.3. The molecule has 1 saturated carbocycles. The first kappa shape index (κ1) is 34.3. The first-order valence-corrected chi connectivity index (χ1v) is 16.5. The highest BCUT2D eigenvalue weighted by atomic mass is 32.2. The van der Waals surface area contributed by atoms with Crippen LogP contribution in [0.4, 0.5) is 18.9 Å². The molecule has 3 aromatic rings. The molecule has 1 aliphatic carbocycles. The van der Waals surface area contributed by atoms with E-state index in [1.54, 1.807) is 7.11 Å². The van der Waals surface area contributed by atoms with Crippen LogP contribution in [0, 0.1) is 5.92 Å². The van der Waals surface area contributed by atoms with Crippen LogP contribution in [0.1, 0.15) is 59.2 Å². The number of amides is 1. The minimum absolute atomic E-state index is 0.0648. The molecule has 1 amide bonds. The zero-order valence-corrected chi connectivity index (χ0v) is 26.0. The smallest absolute Gasteiger partial charge is 0.497 e. The van der Waals surface area contributed by atoms with Crippen LogP contribution in [0.5, 0.6) is 5.75 Å². The van der Waals surface area contributed by atoms with Crippen LogP contribution in [0.2, 0.25) is 0 Å². The summed E-state index contributed by atoms with van der Waals surface area (Å²) in [6, 6.07) is 19.6. The number of aliphatic hydroxyl groups is 1. The van der Waals surface area contributed by atoms with Crippen molar-refractivity contribution in [2.24, 2.45) is 5.92 Å². The summed E-state index contributed by atoms with van der Waals surface area (Å²) in [5.74, 6) is 0.670. The number of sulfonamides is 1. The zero-order valence-electron chi connectivity index (χ0n) is 25.1. The number of benzene rings is 3. The number of rotatable bonds is 14. The van der Waals surface area contributed by atoms with E-state index in [4.69, 9.17) is 4.74 Å². The van der Waals surface area contributed by atoms with Gasteiger partial charge in [0.15, 0.2) is 0 Å².